The summed E-state index contributed by atoms with van der Waals surface area (Å²) >= 11 is 1.97. The van der Waals surface area contributed by atoms with Crippen molar-refractivity contribution in [2.24, 2.45) is 29.6 Å². The molecular weight excluding hydrogens is 274 g/mol. The molecule has 0 aromatic rings. The number of thioether (sulfide) groups is 1. The molecule has 1 aliphatic heterocycles. The largest absolute Gasteiger partial charge is 0.481 e. The quantitative estimate of drug-likeness (QED) is 0.776. The Morgan fingerprint density at radius 1 is 1.15 bits per heavy atom. The predicted molar refractivity (Wildman–Crippen MR) is 78.4 cm³/mol. The SMILES string of the molecule is O=C(O)[C@@H]1C2C=CC(C2)[C@@H]1C(=O)NCC1CCSCC1. The van der Waals surface area contributed by atoms with Gasteiger partial charge in [-0.05, 0) is 48.5 Å². The second-order valence-electron chi connectivity index (χ2n) is 6.14. The van der Waals surface area contributed by atoms with Crippen LogP contribution < -0.4 is 5.32 Å². The molecule has 2 aliphatic carbocycles. The third-order valence-corrected chi connectivity index (χ3v) is 6.00. The van der Waals surface area contributed by atoms with E-state index in [0.717, 1.165) is 19.3 Å². The number of fused-ring (bicyclic) bond motifs is 2. The zero-order chi connectivity index (χ0) is 14.1. The number of allylic oxidation sites excluding steroid dienone is 2. The Hall–Kier alpha value is -0.970. The fourth-order valence-electron chi connectivity index (χ4n) is 3.83. The van der Waals surface area contributed by atoms with Crippen LogP contribution in [0.3, 0.4) is 0 Å². The molecule has 20 heavy (non-hydrogen) atoms. The topological polar surface area (TPSA) is 66.4 Å². The van der Waals surface area contributed by atoms with Crippen molar-refractivity contribution in [2.45, 2.75) is 19.3 Å². The monoisotopic (exact) mass is 295 g/mol. The molecule has 0 spiro atoms. The summed E-state index contributed by atoms with van der Waals surface area (Å²) in [5.74, 6) is 1.35. The summed E-state index contributed by atoms with van der Waals surface area (Å²) in [6.45, 7) is 0.712. The van der Waals surface area contributed by atoms with Gasteiger partial charge >= 0.3 is 5.97 Å². The van der Waals surface area contributed by atoms with Crippen molar-refractivity contribution in [1.82, 2.24) is 5.32 Å². The van der Waals surface area contributed by atoms with Gasteiger partial charge in [0.2, 0.25) is 5.91 Å². The molecule has 3 rings (SSSR count). The number of aliphatic carboxylic acids is 1. The number of rotatable bonds is 4. The predicted octanol–water partition coefficient (Wildman–Crippen LogP) is 1.77. The minimum atomic E-state index is -0.823. The summed E-state index contributed by atoms with van der Waals surface area (Å²) in [7, 11) is 0. The maximum Gasteiger partial charge on any atom is 0.307 e. The lowest BCUT2D eigenvalue weighted by molar-refractivity contribution is -0.147. The van der Waals surface area contributed by atoms with Crippen LogP contribution in [0.2, 0.25) is 0 Å². The Kier molecular flexibility index (Phi) is 4.06. The van der Waals surface area contributed by atoms with Crippen molar-refractivity contribution < 1.29 is 14.7 Å². The number of carbonyl (C=O) groups is 2. The smallest absolute Gasteiger partial charge is 0.307 e. The fourth-order valence-corrected chi connectivity index (χ4v) is 5.03. The van der Waals surface area contributed by atoms with E-state index in [1.54, 1.807) is 0 Å². The number of hydrogen-bond acceptors (Lipinski definition) is 3. The van der Waals surface area contributed by atoms with Gasteiger partial charge in [-0.2, -0.15) is 11.8 Å². The molecule has 4 nitrogen and oxygen atoms in total. The van der Waals surface area contributed by atoms with E-state index < -0.39 is 11.9 Å². The maximum atomic E-state index is 12.4. The first-order valence-corrected chi connectivity index (χ1v) is 8.59. The van der Waals surface area contributed by atoms with Crippen LogP contribution in [0.5, 0.6) is 0 Å². The van der Waals surface area contributed by atoms with Gasteiger partial charge in [0.15, 0.2) is 0 Å². The molecular formula is C15H21NO3S. The fraction of sp³-hybridized carbons (Fsp3) is 0.733. The molecule has 110 valence electrons. The van der Waals surface area contributed by atoms with Crippen molar-refractivity contribution in [2.75, 3.05) is 18.1 Å². The van der Waals surface area contributed by atoms with Crippen molar-refractivity contribution >= 4 is 23.6 Å². The van der Waals surface area contributed by atoms with Crippen molar-refractivity contribution in [3.05, 3.63) is 12.2 Å². The third-order valence-electron chi connectivity index (χ3n) is 4.95. The van der Waals surface area contributed by atoms with Crippen LogP contribution in [0.25, 0.3) is 0 Å². The first-order chi connectivity index (χ1) is 9.66. The van der Waals surface area contributed by atoms with E-state index in [1.807, 2.05) is 23.9 Å². The average Bonchev–Trinajstić information content (AvgIpc) is 3.06. The third kappa shape index (κ3) is 2.60. The molecule has 5 heteroatoms. The Morgan fingerprint density at radius 2 is 1.80 bits per heavy atom. The van der Waals surface area contributed by atoms with E-state index >= 15 is 0 Å². The lowest BCUT2D eigenvalue weighted by Gasteiger charge is -2.26. The normalized spacial score (nSPS) is 36.2. The molecule has 2 bridgehead atoms. The Labute approximate surface area is 123 Å². The molecule has 0 radical (unpaired) electrons. The van der Waals surface area contributed by atoms with Crippen molar-refractivity contribution in [3.8, 4) is 0 Å². The molecule has 1 heterocycles. The number of amides is 1. The minimum Gasteiger partial charge on any atom is -0.481 e. The van der Waals surface area contributed by atoms with Gasteiger partial charge in [0, 0.05) is 6.54 Å². The van der Waals surface area contributed by atoms with Crippen LogP contribution in [-0.4, -0.2) is 35.0 Å². The summed E-state index contributed by atoms with van der Waals surface area (Å²) < 4.78 is 0. The highest BCUT2D eigenvalue weighted by atomic mass is 32.2. The highest BCUT2D eigenvalue weighted by molar-refractivity contribution is 7.99. The Balaban J connectivity index is 1.58. The zero-order valence-corrected chi connectivity index (χ0v) is 12.3. The highest BCUT2D eigenvalue weighted by Crippen LogP contribution is 2.48. The summed E-state index contributed by atoms with van der Waals surface area (Å²) in [5, 5.41) is 12.4. The van der Waals surface area contributed by atoms with E-state index in [9.17, 15) is 14.7 Å². The van der Waals surface area contributed by atoms with Crippen LogP contribution in [0.15, 0.2) is 12.2 Å². The molecule has 1 saturated carbocycles. The first-order valence-electron chi connectivity index (χ1n) is 7.43. The lowest BCUT2D eigenvalue weighted by Crippen LogP contribution is -2.42. The molecule has 0 aromatic heterocycles. The Bertz CT molecular complexity index is 431. The number of nitrogens with one attached hydrogen (secondary N) is 1. The molecule has 4 atom stereocenters. The van der Waals surface area contributed by atoms with Gasteiger partial charge in [-0.3, -0.25) is 9.59 Å². The molecule has 2 fully saturated rings. The van der Waals surface area contributed by atoms with Gasteiger partial charge in [-0.1, -0.05) is 12.2 Å². The molecule has 2 N–H and O–H groups in total. The van der Waals surface area contributed by atoms with Crippen LogP contribution >= 0.6 is 11.8 Å². The van der Waals surface area contributed by atoms with Gasteiger partial charge in [-0.25, -0.2) is 0 Å². The van der Waals surface area contributed by atoms with Crippen LogP contribution in [0.4, 0.5) is 0 Å². The average molecular weight is 295 g/mol. The van der Waals surface area contributed by atoms with Crippen LogP contribution in [0.1, 0.15) is 19.3 Å². The second kappa shape index (κ2) is 5.80. The molecule has 3 aliphatic rings. The molecule has 1 saturated heterocycles. The van der Waals surface area contributed by atoms with E-state index in [4.69, 9.17) is 0 Å². The van der Waals surface area contributed by atoms with Gasteiger partial charge in [-0.15, -0.1) is 0 Å². The van der Waals surface area contributed by atoms with Gasteiger partial charge in [0.25, 0.3) is 0 Å². The minimum absolute atomic E-state index is 0.0486. The van der Waals surface area contributed by atoms with Gasteiger partial charge in [0.1, 0.15) is 0 Å². The van der Waals surface area contributed by atoms with E-state index in [-0.39, 0.29) is 23.7 Å². The van der Waals surface area contributed by atoms with E-state index in [2.05, 4.69) is 5.32 Å². The van der Waals surface area contributed by atoms with Gasteiger partial charge in [0.05, 0.1) is 11.8 Å². The van der Waals surface area contributed by atoms with Crippen LogP contribution in [-0.2, 0) is 9.59 Å². The zero-order valence-electron chi connectivity index (χ0n) is 11.5. The van der Waals surface area contributed by atoms with Gasteiger partial charge < -0.3 is 10.4 Å². The second-order valence-corrected chi connectivity index (χ2v) is 7.36. The summed E-state index contributed by atoms with van der Waals surface area (Å²) in [6, 6.07) is 0. The number of carbonyl (C=O) groups excluding carboxylic acids is 1. The molecule has 2 unspecified atom stereocenters. The number of carboxylic acids is 1. The lowest BCUT2D eigenvalue weighted by atomic mass is 9.82. The summed E-state index contributed by atoms with van der Waals surface area (Å²) in [6.07, 6.45) is 7.15. The van der Waals surface area contributed by atoms with Crippen LogP contribution in [0, 0.1) is 29.6 Å². The van der Waals surface area contributed by atoms with Crippen molar-refractivity contribution in [3.63, 3.8) is 0 Å². The molecule has 0 aromatic carbocycles. The first kappa shape index (κ1) is 14.0. The standard InChI is InChI=1S/C15H21NO3S/c17-14(16-8-9-3-5-20-6-4-9)12-10-1-2-11(7-10)13(12)15(18)19/h1-2,9-13H,3-8H2,(H,16,17)(H,18,19)/t10?,11?,12-,13+/m0/s1. The number of carboxylic acid groups (broad SMARTS) is 1. The van der Waals surface area contributed by atoms with E-state index in [1.165, 1.54) is 11.5 Å². The summed E-state index contributed by atoms with van der Waals surface area (Å²) in [5.41, 5.74) is 0. The van der Waals surface area contributed by atoms with Crippen molar-refractivity contribution in [1.29, 1.82) is 0 Å². The number of hydrogen-bond donors (Lipinski definition) is 2. The van der Waals surface area contributed by atoms with E-state index in [0.29, 0.717) is 12.5 Å². The maximum absolute atomic E-state index is 12.4. The summed E-state index contributed by atoms with van der Waals surface area (Å²) in [4.78, 5) is 23.8. The Morgan fingerprint density at radius 3 is 2.45 bits per heavy atom. The highest BCUT2D eigenvalue weighted by Gasteiger charge is 2.51. The molecule has 1 amide bonds.